The highest BCUT2D eigenvalue weighted by molar-refractivity contribution is 6.04. The molecule has 4 aromatic rings. The predicted octanol–water partition coefficient (Wildman–Crippen LogP) is 5.07. The second kappa shape index (κ2) is 11.9. The number of anilines is 4. The summed E-state index contributed by atoms with van der Waals surface area (Å²) in [6, 6.07) is 12.0. The molecule has 11 heteroatoms. The zero-order chi connectivity index (χ0) is 32.0. The van der Waals surface area contributed by atoms with E-state index in [1.807, 2.05) is 54.2 Å². The van der Waals surface area contributed by atoms with Crippen LogP contribution in [-0.4, -0.2) is 77.8 Å². The van der Waals surface area contributed by atoms with E-state index >= 15 is 0 Å². The normalized spacial score (nSPS) is 18.9. The minimum Gasteiger partial charge on any atom is -0.494 e. The van der Waals surface area contributed by atoms with E-state index in [2.05, 4.69) is 46.1 Å². The number of nitrogens with one attached hydrogen (secondary N) is 2. The lowest BCUT2D eigenvalue weighted by Crippen LogP contribution is -2.31. The number of methoxy groups -OCH3 is 1. The van der Waals surface area contributed by atoms with Gasteiger partial charge in [0, 0.05) is 68.2 Å². The number of carbonyl (C=O) groups excluding carboxylic acids is 2. The van der Waals surface area contributed by atoms with Crippen LogP contribution < -0.4 is 20.3 Å². The number of amides is 1. The highest BCUT2D eigenvalue weighted by Crippen LogP contribution is 2.51. The third-order valence-corrected chi connectivity index (χ3v) is 8.67. The predicted molar refractivity (Wildman–Crippen MR) is 176 cm³/mol. The molecule has 2 fully saturated rings. The van der Waals surface area contributed by atoms with Gasteiger partial charge in [0.25, 0.3) is 0 Å². The summed E-state index contributed by atoms with van der Waals surface area (Å²) in [5, 5.41) is 7.19. The van der Waals surface area contributed by atoms with Crippen molar-refractivity contribution in [3.05, 3.63) is 67.0 Å². The minimum absolute atomic E-state index is 0.249. The number of hydrogen-bond donors (Lipinski definition) is 2. The van der Waals surface area contributed by atoms with Crippen molar-refractivity contribution in [3.8, 4) is 17.0 Å². The van der Waals surface area contributed by atoms with Crippen molar-refractivity contribution in [2.75, 3.05) is 49.8 Å². The molecule has 3 heterocycles. The summed E-state index contributed by atoms with van der Waals surface area (Å²) in [4.78, 5) is 39.6. The van der Waals surface area contributed by atoms with Gasteiger partial charge in [-0.3, -0.25) is 4.79 Å². The van der Waals surface area contributed by atoms with Crippen LogP contribution in [0.25, 0.3) is 22.2 Å². The average molecular weight is 610 g/mol. The summed E-state index contributed by atoms with van der Waals surface area (Å²) in [7, 11) is 7.76. The largest absolute Gasteiger partial charge is 0.494 e. The highest BCUT2D eigenvalue weighted by atomic mass is 16.5. The summed E-state index contributed by atoms with van der Waals surface area (Å²) in [5.74, 6) is 1.16. The molecule has 45 heavy (non-hydrogen) atoms. The zero-order valence-corrected chi connectivity index (χ0v) is 26.5. The van der Waals surface area contributed by atoms with Gasteiger partial charge in [0.2, 0.25) is 11.9 Å². The maximum absolute atomic E-state index is 13.2. The Morgan fingerprint density at radius 3 is 2.56 bits per heavy atom. The molecular weight excluding hydrogens is 570 g/mol. The quantitative estimate of drug-likeness (QED) is 0.188. The number of esters is 1. The lowest BCUT2D eigenvalue weighted by molar-refractivity contribution is -0.111. The molecule has 2 aliphatic rings. The van der Waals surface area contributed by atoms with E-state index < -0.39 is 5.97 Å². The van der Waals surface area contributed by atoms with Crippen molar-refractivity contribution >= 4 is 45.8 Å². The molecule has 1 saturated carbocycles. The molecule has 0 bridgehead atoms. The number of benzene rings is 2. The summed E-state index contributed by atoms with van der Waals surface area (Å²) in [6.07, 6.45) is 4.37. The number of nitrogens with zero attached hydrogens (tertiary/aromatic N) is 5. The number of ether oxygens (including phenoxy) is 2. The van der Waals surface area contributed by atoms with E-state index in [0.717, 1.165) is 35.2 Å². The van der Waals surface area contributed by atoms with Crippen LogP contribution in [0.4, 0.5) is 23.0 Å². The van der Waals surface area contributed by atoms with Gasteiger partial charge in [0.1, 0.15) is 11.3 Å². The van der Waals surface area contributed by atoms with Gasteiger partial charge in [-0.25, -0.2) is 14.8 Å². The fourth-order valence-corrected chi connectivity index (χ4v) is 6.58. The molecule has 3 atom stereocenters. The SMILES string of the molecule is C=CC(=O)Nc1cc(Nc2ncc(C(=O)OC(C)C)c(-c3cn(C)c4ccccc34)n2)c(OC)cc1N(C)C1[C@H]2CN(C)C[C@@H]12. The Morgan fingerprint density at radius 2 is 1.87 bits per heavy atom. The molecule has 234 valence electrons. The van der Waals surface area contributed by atoms with Crippen LogP contribution >= 0.6 is 0 Å². The Hall–Kier alpha value is -4.90. The van der Waals surface area contributed by atoms with E-state index in [1.165, 1.54) is 12.3 Å². The highest BCUT2D eigenvalue weighted by Gasteiger charge is 2.57. The molecule has 11 nitrogen and oxygen atoms in total. The average Bonchev–Trinajstić information content (AvgIpc) is 3.34. The third kappa shape index (κ3) is 5.71. The number of aromatic nitrogens is 3. The van der Waals surface area contributed by atoms with E-state index in [1.54, 1.807) is 21.0 Å². The van der Waals surface area contributed by atoms with E-state index in [-0.39, 0.29) is 23.5 Å². The van der Waals surface area contributed by atoms with Gasteiger partial charge < -0.3 is 34.5 Å². The first kappa shape index (κ1) is 30.1. The van der Waals surface area contributed by atoms with Gasteiger partial charge in [-0.05, 0) is 50.9 Å². The molecule has 2 aromatic carbocycles. The molecule has 0 spiro atoms. The maximum Gasteiger partial charge on any atom is 0.342 e. The van der Waals surface area contributed by atoms with Crippen molar-refractivity contribution in [2.45, 2.75) is 26.0 Å². The fourth-order valence-electron chi connectivity index (χ4n) is 6.58. The van der Waals surface area contributed by atoms with Crippen molar-refractivity contribution in [1.82, 2.24) is 19.4 Å². The molecule has 0 radical (unpaired) electrons. The van der Waals surface area contributed by atoms with E-state index in [9.17, 15) is 9.59 Å². The molecule has 6 rings (SSSR count). The maximum atomic E-state index is 13.2. The lowest BCUT2D eigenvalue weighted by Gasteiger charge is -2.27. The van der Waals surface area contributed by atoms with Crippen LogP contribution in [0.1, 0.15) is 24.2 Å². The standard InChI is InChI=1S/C34H39N7O4/c1-8-30(42)36-25-13-26(29(44-7)14-28(25)41(6)32-23-16-39(4)17-24(23)32)37-34-35-15-21(33(43)45-19(2)3)31(38-34)22-18-40(5)27-12-10-9-11-20(22)27/h8-15,18-19,23-24,32H,1,16-17H2,2-7H3,(H,36,42)(H,35,37,38)/t23-,24+,32?. The van der Waals surface area contributed by atoms with Gasteiger partial charge >= 0.3 is 5.97 Å². The Morgan fingerprint density at radius 1 is 1.13 bits per heavy atom. The van der Waals surface area contributed by atoms with Crippen LogP contribution in [0.15, 0.2) is 61.4 Å². The number of rotatable bonds is 10. The second-order valence-electron chi connectivity index (χ2n) is 12.1. The second-order valence-corrected chi connectivity index (χ2v) is 12.1. The first-order chi connectivity index (χ1) is 21.6. The first-order valence-corrected chi connectivity index (χ1v) is 15.1. The Bertz CT molecular complexity index is 1790. The number of likely N-dealkylation sites (tertiary alicyclic amines) is 1. The summed E-state index contributed by atoms with van der Waals surface area (Å²) >= 11 is 0. The molecule has 1 unspecified atom stereocenters. The smallest absolute Gasteiger partial charge is 0.342 e. The first-order valence-electron chi connectivity index (χ1n) is 15.1. The summed E-state index contributed by atoms with van der Waals surface area (Å²) in [6.45, 7) is 9.35. The molecule has 2 aromatic heterocycles. The topological polar surface area (TPSA) is 114 Å². The molecular formula is C34H39N7O4. The van der Waals surface area contributed by atoms with Gasteiger partial charge in [-0.2, -0.15) is 0 Å². The molecule has 1 aliphatic carbocycles. The number of hydrogen-bond acceptors (Lipinski definition) is 9. The van der Waals surface area contributed by atoms with Crippen molar-refractivity contribution in [2.24, 2.45) is 18.9 Å². The van der Waals surface area contributed by atoms with Crippen molar-refractivity contribution < 1.29 is 19.1 Å². The Labute approximate surface area is 262 Å². The number of piperidine rings is 1. The van der Waals surface area contributed by atoms with Crippen molar-refractivity contribution in [3.63, 3.8) is 0 Å². The molecule has 1 saturated heterocycles. The number of aryl methyl sites for hydroxylation is 1. The van der Waals surface area contributed by atoms with Gasteiger partial charge in [0.05, 0.1) is 36.0 Å². The number of fused-ring (bicyclic) bond motifs is 2. The van der Waals surface area contributed by atoms with Gasteiger partial charge in [-0.1, -0.05) is 24.8 Å². The number of para-hydroxylation sites is 1. The third-order valence-electron chi connectivity index (χ3n) is 8.67. The van der Waals surface area contributed by atoms with E-state index in [0.29, 0.717) is 40.7 Å². The monoisotopic (exact) mass is 609 g/mol. The zero-order valence-electron chi connectivity index (χ0n) is 26.5. The van der Waals surface area contributed by atoms with Crippen LogP contribution in [0.3, 0.4) is 0 Å². The minimum atomic E-state index is -0.505. The fraction of sp³-hybridized carbons (Fsp3) is 0.353. The molecule has 1 amide bonds. The van der Waals surface area contributed by atoms with Crippen LogP contribution in [0.5, 0.6) is 5.75 Å². The van der Waals surface area contributed by atoms with E-state index in [4.69, 9.17) is 14.5 Å². The lowest BCUT2D eigenvalue weighted by atomic mass is 10.1. The van der Waals surface area contributed by atoms with Crippen LogP contribution in [0, 0.1) is 11.8 Å². The van der Waals surface area contributed by atoms with Crippen LogP contribution in [0.2, 0.25) is 0 Å². The summed E-state index contributed by atoms with van der Waals surface area (Å²) in [5.41, 5.74) is 4.47. The Balaban J connectivity index is 1.40. The number of carbonyl (C=O) groups is 2. The molecule has 1 aliphatic heterocycles. The van der Waals surface area contributed by atoms with Gasteiger partial charge in [0.15, 0.2) is 0 Å². The Kier molecular flexibility index (Phi) is 7.96. The summed E-state index contributed by atoms with van der Waals surface area (Å²) < 4.78 is 13.4. The van der Waals surface area contributed by atoms with Crippen LogP contribution in [-0.2, 0) is 16.6 Å². The molecule has 2 N–H and O–H groups in total. The van der Waals surface area contributed by atoms with Gasteiger partial charge in [-0.15, -0.1) is 0 Å². The van der Waals surface area contributed by atoms with Crippen molar-refractivity contribution in [1.29, 1.82) is 0 Å².